The van der Waals surface area contributed by atoms with Gasteiger partial charge in [0.25, 0.3) is 5.91 Å². The van der Waals surface area contributed by atoms with Crippen LogP contribution in [0.15, 0.2) is 24.5 Å². The van der Waals surface area contributed by atoms with E-state index in [0.29, 0.717) is 23.1 Å². The number of H-pyrrole nitrogens is 1. The van der Waals surface area contributed by atoms with Crippen molar-refractivity contribution >= 4 is 23.5 Å². The van der Waals surface area contributed by atoms with Crippen LogP contribution in [0.25, 0.3) is 0 Å². The van der Waals surface area contributed by atoms with Gasteiger partial charge in [0.2, 0.25) is 5.95 Å². The summed E-state index contributed by atoms with van der Waals surface area (Å²) in [5.41, 5.74) is 0.931. The number of benzene rings is 1. The van der Waals surface area contributed by atoms with E-state index in [0.717, 1.165) is 5.56 Å². The van der Waals surface area contributed by atoms with Crippen LogP contribution in [0.3, 0.4) is 0 Å². The third-order valence-electron chi connectivity index (χ3n) is 2.65. The van der Waals surface area contributed by atoms with Crippen molar-refractivity contribution in [1.29, 1.82) is 0 Å². The highest BCUT2D eigenvalue weighted by atomic mass is 35.5. The van der Waals surface area contributed by atoms with Crippen molar-refractivity contribution in [2.24, 2.45) is 0 Å². The standard InChI is InChI=1S/C11H9ClN4O2/c12-7-1-2-8-6(3-7)4-9(18-8)10(17)15-11-13-5-14-16-11/h1-3,5,9H,4H2,(H2,13,14,15,16,17)/t9-/m1/s1. The fourth-order valence-electron chi connectivity index (χ4n) is 1.83. The Bertz CT molecular complexity index is 585. The number of nitrogens with zero attached hydrogens (tertiary/aromatic N) is 2. The molecular formula is C11H9ClN4O2. The molecule has 0 spiro atoms. The maximum atomic E-state index is 11.9. The summed E-state index contributed by atoms with van der Waals surface area (Å²) in [6.45, 7) is 0. The van der Waals surface area contributed by atoms with Gasteiger partial charge >= 0.3 is 0 Å². The zero-order valence-corrected chi connectivity index (χ0v) is 9.94. The van der Waals surface area contributed by atoms with E-state index in [2.05, 4.69) is 20.5 Å². The first kappa shape index (κ1) is 11.0. The lowest BCUT2D eigenvalue weighted by Crippen LogP contribution is -2.31. The molecule has 0 aliphatic carbocycles. The van der Waals surface area contributed by atoms with Crippen LogP contribution in [0.5, 0.6) is 5.75 Å². The van der Waals surface area contributed by atoms with Crippen molar-refractivity contribution in [2.45, 2.75) is 12.5 Å². The molecule has 92 valence electrons. The number of carbonyl (C=O) groups is 1. The normalized spacial score (nSPS) is 17.1. The van der Waals surface area contributed by atoms with E-state index in [-0.39, 0.29) is 5.91 Å². The molecule has 0 unspecified atom stereocenters. The predicted molar refractivity (Wildman–Crippen MR) is 64.6 cm³/mol. The van der Waals surface area contributed by atoms with Crippen molar-refractivity contribution in [3.05, 3.63) is 35.1 Å². The van der Waals surface area contributed by atoms with Crippen molar-refractivity contribution in [2.75, 3.05) is 5.32 Å². The van der Waals surface area contributed by atoms with Crippen LogP contribution in [0, 0.1) is 0 Å². The zero-order valence-electron chi connectivity index (χ0n) is 9.18. The van der Waals surface area contributed by atoms with Gasteiger partial charge in [-0.25, -0.2) is 5.10 Å². The molecule has 1 aromatic carbocycles. The number of nitrogens with one attached hydrogen (secondary N) is 2. The van der Waals surface area contributed by atoms with E-state index >= 15 is 0 Å². The number of ether oxygens (including phenoxy) is 1. The highest BCUT2D eigenvalue weighted by Gasteiger charge is 2.29. The Hall–Kier alpha value is -2.08. The Morgan fingerprint density at radius 1 is 1.56 bits per heavy atom. The molecule has 18 heavy (non-hydrogen) atoms. The van der Waals surface area contributed by atoms with Gasteiger partial charge in [-0.05, 0) is 23.8 Å². The van der Waals surface area contributed by atoms with E-state index in [1.54, 1.807) is 18.2 Å². The Morgan fingerprint density at radius 3 is 3.22 bits per heavy atom. The zero-order chi connectivity index (χ0) is 12.5. The van der Waals surface area contributed by atoms with Gasteiger partial charge in [0.05, 0.1) is 0 Å². The van der Waals surface area contributed by atoms with Crippen LogP contribution in [0.2, 0.25) is 5.02 Å². The first-order valence-electron chi connectivity index (χ1n) is 5.34. The molecule has 0 saturated heterocycles. The molecule has 1 atom stereocenters. The number of amides is 1. The Labute approximate surface area is 107 Å². The molecule has 2 aromatic rings. The quantitative estimate of drug-likeness (QED) is 0.859. The highest BCUT2D eigenvalue weighted by Crippen LogP contribution is 2.31. The van der Waals surface area contributed by atoms with Crippen molar-refractivity contribution in [1.82, 2.24) is 15.2 Å². The average Bonchev–Trinajstić information content (AvgIpc) is 2.96. The van der Waals surface area contributed by atoms with Gasteiger partial charge in [-0.15, -0.1) is 0 Å². The summed E-state index contributed by atoms with van der Waals surface area (Å²) in [6.07, 6.45) is 1.25. The molecule has 1 aliphatic heterocycles. The molecule has 0 fully saturated rings. The van der Waals surface area contributed by atoms with Crippen LogP contribution in [-0.2, 0) is 11.2 Å². The molecule has 2 heterocycles. The van der Waals surface area contributed by atoms with Crippen LogP contribution in [0.1, 0.15) is 5.56 Å². The number of fused-ring (bicyclic) bond motifs is 1. The second-order valence-corrected chi connectivity index (χ2v) is 4.32. The van der Waals surface area contributed by atoms with Crippen molar-refractivity contribution in [3.63, 3.8) is 0 Å². The van der Waals surface area contributed by atoms with Gasteiger partial charge in [-0.3, -0.25) is 10.1 Å². The van der Waals surface area contributed by atoms with Crippen LogP contribution < -0.4 is 10.1 Å². The monoisotopic (exact) mass is 264 g/mol. The summed E-state index contributed by atoms with van der Waals surface area (Å²) in [6, 6.07) is 5.30. The lowest BCUT2D eigenvalue weighted by Gasteiger charge is -2.08. The van der Waals surface area contributed by atoms with E-state index in [1.807, 2.05) is 0 Å². The minimum Gasteiger partial charge on any atom is -0.480 e. The second-order valence-electron chi connectivity index (χ2n) is 3.89. The maximum Gasteiger partial charge on any atom is 0.268 e. The first-order valence-corrected chi connectivity index (χ1v) is 5.71. The molecule has 0 radical (unpaired) electrons. The van der Waals surface area contributed by atoms with E-state index in [4.69, 9.17) is 16.3 Å². The maximum absolute atomic E-state index is 11.9. The summed E-state index contributed by atoms with van der Waals surface area (Å²) in [4.78, 5) is 15.7. The summed E-state index contributed by atoms with van der Waals surface area (Å²) >= 11 is 5.89. The smallest absolute Gasteiger partial charge is 0.268 e. The topological polar surface area (TPSA) is 79.9 Å². The summed E-state index contributed by atoms with van der Waals surface area (Å²) < 4.78 is 5.54. The van der Waals surface area contributed by atoms with E-state index in [9.17, 15) is 4.79 Å². The molecule has 1 aliphatic rings. The molecule has 3 rings (SSSR count). The molecule has 2 N–H and O–H groups in total. The molecule has 1 amide bonds. The first-order chi connectivity index (χ1) is 8.72. The number of hydrogen-bond donors (Lipinski definition) is 2. The molecule has 0 saturated carbocycles. The third-order valence-corrected chi connectivity index (χ3v) is 2.88. The SMILES string of the molecule is O=C(Nc1ncn[nH]1)[C@H]1Cc2cc(Cl)ccc2O1. The lowest BCUT2D eigenvalue weighted by atomic mass is 10.1. The molecular weight excluding hydrogens is 256 g/mol. The number of aromatic nitrogens is 3. The van der Waals surface area contributed by atoms with Gasteiger partial charge in [-0.1, -0.05) is 11.6 Å². The average molecular weight is 265 g/mol. The van der Waals surface area contributed by atoms with Gasteiger partial charge in [-0.2, -0.15) is 10.1 Å². The number of halogens is 1. The van der Waals surface area contributed by atoms with Gasteiger partial charge < -0.3 is 4.74 Å². The van der Waals surface area contributed by atoms with E-state index in [1.165, 1.54) is 6.33 Å². The third kappa shape index (κ3) is 2.02. The summed E-state index contributed by atoms with van der Waals surface area (Å²) in [7, 11) is 0. The molecule has 6 nitrogen and oxygen atoms in total. The number of carbonyl (C=O) groups excluding carboxylic acids is 1. The van der Waals surface area contributed by atoms with Crippen LogP contribution in [0.4, 0.5) is 5.95 Å². The number of hydrogen-bond acceptors (Lipinski definition) is 4. The molecule has 1 aromatic heterocycles. The largest absolute Gasteiger partial charge is 0.480 e. The number of anilines is 1. The fraction of sp³-hybridized carbons (Fsp3) is 0.182. The summed E-state index contributed by atoms with van der Waals surface area (Å²) in [5, 5.41) is 9.42. The molecule has 7 heteroatoms. The van der Waals surface area contributed by atoms with Gasteiger partial charge in [0.15, 0.2) is 6.10 Å². The number of aromatic amines is 1. The Kier molecular flexibility index (Phi) is 2.64. The van der Waals surface area contributed by atoms with Crippen molar-refractivity contribution < 1.29 is 9.53 Å². The minimum atomic E-state index is -0.566. The van der Waals surface area contributed by atoms with Gasteiger partial charge in [0, 0.05) is 11.4 Å². The van der Waals surface area contributed by atoms with Crippen LogP contribution in [-0.4, -0.2) is 27.2 Å². The number of rotatable bonds is 2. The molecule has 0 bridgehead atoms. The van der Waals surface area contributed by atoms with Crippen molar-refractivity contribution in [3.8, 4) is 5.75 Å². The Morgan fingerprint density at radius 2 is 2.44 bits per heavy atom. The summed E-state index contributed by atoms with van der Waals surface area (Å²) in [5.74, 6) is 0.730. The van der Waals surface area contributed by atoms with E-state index < -0.39 is 6.10 Å². The predicted octanol–water partition coefficient (Wildman–Crippen LogP) is 1.40. The van der Waals surface area contributed by atoms with Gasteiger partial charge in [0.1, 0.15) is 12.1 Å². The Balaban J connectivity index is 1.72. The van der Waals surface area contributed by atoms with Crippen LogP contribution >= 0.6 is 11.6 Å². The minimum absolute atomic E-state index is 0.265. The fourth-order valence-corrected chi connectivity index (χ4v) is 2.02. The second kappa shape index (κ2) is 4.30. The lowest BCUT2D eigenvalue weighted by molar-refractivity contribution is -0.122. The highest BCUT2D eigenvalue weighted by molar-refractivity contribution is 6.30.